The second-order valence-corrected chi connectivity index (χ2v) is 5.96. The molecule has 1 aliphatic heterocycles. The van der Waals surface area contributed by atoms with Crippen molar-refractivity contribution in [1.29, 1.82) is 0 Å². The lowest BCUT2D eigenvalue weighted by Gasteiger charge is -2.21. The Bertz CT molecular complexity index is 758. The van der Waals surface area contributed by atoms with Gasteiger partial charge < -0.3 is 11.1 Å². The van der Waals surface area contributed by atoms with Crippen molar-refractivity contribution in [2.24, 2.45) is 10.7 Å². The Hall–Kier alpha value is -2.65. The first kappa shape index (κ1) is 16.2. The summed E-state index contributed by atoms with van der Waals surface area (Å²) in [4.78, 5) is 4.73. The minimum Gasteiger partial charge on any atom is -0.387 e. The first-order valence-electron chi connectivity index (χ1n) is 8.28. The number of amidine groups is 1. The molecular formula is C21H23N3. The van der Waals surface area contributed by atoms with Crippen LogP contribution in [0.1, 0.15) is 17.5 Å². The molecule has 0 amide bonds. The highest BCUT2D eigenvalue weighted by Crippen LogP contribution is 2.27. The summed E-state index contributed by atoms with van der Waals surface area (Å²) in [7, 11) is 0. The van der Waals surface area contributed by atoms with Crippen molar-refractivity contribution in [2.75, 3.05) is 13.1 Å². The first-order valence-corrected chi connectivity index (χ1v) is 8.28. The van der Waals surface area contributed by atoms with E-state index < -0.39 is 0 Å². The third-order valence-electron chi connectivity index (χ3n) is 4.18. The Balaban J connectivity index is 1.86. The van der Waals surface area contributed by atoms with Gasteiger partial charge in [0.05, 0.1) is 0 Å². The van der Waals surface area contributed by atoms with Gasteiger partial charge in [-0.2, -0.15) is 0 Å². The molecule has 122 valence electrons. The lowest BCUT2D eigenvalue weighted by molar-refractivity contribution is 0.683. The van der Waals surface area contributed by atoms with Crippen molar-refractivity contribution in [2.45, 2.75) is 12.8 Å². The zero-order chi connectivity index (χ0) is 16.8. The predicted octanol–water partition coefficient (Wildman–Crippen LogP) is 3.55. The molecule has 0 atom stereocenters. The van der Waals surface area contributed by atoms with E-state index >= 15 is 0 Å². The monoisotopic (exact) mass is 317 g/mol. The standard InChI is InChI=1S/C21H23N3/c1-16(18-10-6-3-7-11-18)19-15-23-13-12-20(19)24-21(22)14-17-8-4-2-5-9-17/h2-11,23H,1,12-15H2,(H2,22,24). The number of nitrogens with one attached hydrogen (secondary N) is 1. The second-order valence-electron chi connectivity index (χ2n) is 5.96. The van der Waals surface area contributed by atoms with Crippen molar-refractivity contribution in [1.82, 2.24) is 5.32 Å². The summed E-state index contributed by atoms with van der Waals surface area (Å²) in [6.45, 7) is 5.98. The molecule has 24 heavy (non-hydrogen) atoms. The van der Waals surface area contributed by atoms with Gasteiger partial charge in [-0.1, -0.05) is 67.2 Å². The van der Waals surface area contributed by atoms with Crippen molar-refractivity contribution in [3.8, 4) is 0 Å². The highest BCUT2D eigenvalue weighted by Gasteiger charge is 2.16. The van der Waals surface area contributed by atoms with Crippen LogP contribution in [0.25, 0.3) is 5.57 Å². The predicted molar refractivity (Wildman–Crippen MR) is 102 cm³/mol. The van der Waals surface area contributed by atoms with E-state index in [1.54, 1.807) is 0 Å². The van der Waals surface area contributed by atoms with Crippen LogP contribution < -0.4 is 11.1 Å². The van der Waals surface area contributed by atoms with E-state index in [1.165, 1.54) is 5.56 Å². The van der Waals surface area contributed by atoms with E-state index in [1.807, 2.05) is 36.4 Å². The van der Waals surface area contributed by atoms with Gasteiger partial charge in [0.15, 0.2) is 0 Å². The highest BCUT2D eigenvalue weighted by atomic mass is 14.9. The number of aliphatic imine (C=N–C) groups is 1. The van der Waals surface area contributed by atoms with Gasteiger partial charge in [-0.05, 0) is 22.3 Å². The number of hydrogen-bond acceptors (Lipinski definition) is 2. The fourth-order valence-corrected chi connectivity index (χ4v) is 2.91. The molecule has 2 aromatic rings. The molecule has 0 aromatic heterocycles. The molecule has 0 bridgehead atoms. The Morgan fingerprint density at radius 3 is 2.42 bits per heavy atom. The summed E-state index contributed by atoms with van der Waals surface area (Å²) >= 11 is 0. The van der Waals surface area contributed by atoms with Crippen molar-refractivity contribution < 1.29 is 0 Å². The van der Waals surface area contributed by atoms with Crippen LogP contribution in [0.3, 0.4) is 0 Å². The molecule has 3 N–H and O–H groups in total. The van der Waals surface area contributed by atoms with Crippen molar-refractivity contribution in [3.63, 3.8) is 0 Å². The summed E-state index contributed by atoms with van der Waals surface area (Å²) < 4.78 is 0. The molecule has 1 heterocycles. The fraction of sp³-hybridized carbons (Fsp3) is 0.190. The lowest BCUT2D eigenvalue weighted by Crippen LogP contribution is -2.26. The van der Waals surface area contributed by atoms with E-state index in [0.29, 0.717) is 12.3 Å². The van der Waals surface area contributed by atoms with E-state index in [-0.39, 0.29) is 0 Å². The quantitative estimate of drug-likeness (QED) is 0.654. The average Bonchev–Trinajstić information content (AvgIpc) is 2.63. The molecule has 0 saturated heterocycles. The molecule has 1 aliphatic rings. The van der Waals surface area contributed by atoms with Crippen molar-refractivity contribution in [3.05, 3.63) is 89.6 Å². The maximum atomic E-state index is 6.20. The number of nitrogens with two attached hydrogens (primary N) is 1. The Morgan fingerprint density at radius 2 is 1.71 bits per heavy atom. The zero-order valence-electron chi connectivity index (χ0n) is 13.8. The molecule has 0 spiro atoms. The molecule has 0 fully saturated rings. The van der Waals surface area contributed by atoms with E-state index in [2.05, 4.69) is 36.2 Å². The molecule has 0 unspecified atom stereocenters. The van der Waals surface area contributed by atoms with Gasteiger partial charge in [0.1, 0.15) is 5.84 Å². The first-order chi connectivity index (χ1) is 11.7. The van der Waals surface area contributed by atoms with E-state index in [4.69, 9.17) is 10.7 Å². The summed E-state index contributed by atoms with van der Waals surface area (Å²) in [6, 6.07) is 20.4. The minimum atomic E-state index is 0.650. The zero-order valence-corrected chi connectivity index (χ0v) is 13.8. The van der Waals surface area contributed by atoms with Crippen LogP contribution in [-0.4, -0.2) is 18.9 Å². The number of benzene rings is 2. The Morgan fingerprint density at radius 1 is 1.04 bits per heavy atom. The largest absolute Gasteiger partial charge is 0.387 e. The van der Waals surface area contributed by atoms with Crippen molar-refractivity contribution >= 4 is 11.4 Å². The molecular weight excluding hydrogens is 294 g/mol. The van der Waals surface area contributed by atoms with Crippen LogP contribution in [0.4, 0.5) is 0 Å². The van der Waals surface area contributed by atoms with Crippen LogP contribution in [0.15, 0.2) is 83.5 Å². The Labute approximate surface area is 143 Å². The molecule has 0 saturated carbocycles. The fourth-order valence-electron chi connectivity index (χ4n) is 2.91. The summed E-state index contributed by atoms with van der Waals surface area (Å²) in [5, 5.41) is 3.41. The van der Waals surface area contributed by atoms with Crippen LogP contribution in [-0.2, 0) is 6.42 Å². The molecule has 3 nitrogen and oxygen atoms in total. The maximum Gasteiger partial charge on any atom is 0.104 e. The number of nitrogens with zero attached hydrogens (tertiary/aromatic N) is 1. The third kappa shape index (κ3) is 4.00. The summed E-state index contributed by atoms with van der Waals surface area (Å²) in [5.41, 5.74) is 11.7. The third-order valence-corrected chi connectivity index (χ3v) is 4.18. The van der Waals surface area contributed by atoms with Gasteiger partial charge in [-0.3, -0.25) is 0 Å². The van der Waals surface area contributed by atoms with Gasteiger partial charge >= 0.3 is 0 Å². The van der Waals surface area contributed by atoms with Crippen LogP contribution in [0.2, 0.25) is 0 Å². The van der Waals surface area contributed by atoms with Crippen LogP contribution in [0.5, 0.6) is 0 Å². The van der Waals surface area contributed by atoms with E-state index in [9.17, 15) is 0 Å². The summed E-state index contributed by atoms with van der Waals surface area (Å²) in [6.07, 6.45) is 1.54. The average molecular weight is 317 g/mol. The number of rotatable bonds is 5. The molecule has 3 rings (SSSR count). The van der Waals surface area contributed by atoms with Gasteiger partial charge in [0.25, 0.3) is 0 Å². The van der Waals surface area contributed by atoms with Crippen LogP contribution >= 0.6 is 0 Å². The van der Waals surface area contributed by atoms with Crippen LogP contribution in [0, 0.1) is 0 Å². The number of hydrogen-bond donors (Lipinski definition) is 2. The molecule has 0 radical (unpaired) electrons. The molecule has 2 aromatic carbocycles. The smallest absolute Gasteiger partial charge is 0.104 e. The maximum absolute atomic E-state index is 6.20. The van der Waals surface area contributed by atoms with Gasteiger partial charge in [-0.25, -0.2) is 4.99 Å². The Kier molecular flexibility index (Phi) is 5.24. The van der Waals surface area contributed by atoms with Gasteiger partial charge in [-0.15, -0.1) is 0 Å². The topological polar surface area (TPSA) is 50.4 Å². The van der Waals surface area contributed by atoms with E-state index in [0.717, 1.165) is 41.9 Å². The molecule has 0 aliphatic carbocycles. The molecule has 3 heteroatoms. The minimum absolute atomic E-state index is 0.650. The summed E-state index contributed by atoms with van der Waals surface area (Å²) in [5.74, 6) is 0.650. The highest BCUT2D eigenvalue weighted by molar-refractivity contribution is 5.85. The SMILES string of the molecule is C=C(C1=C(N=C(N)Cc2ccccc2)CCNC1)c1ccccc1. The normalized spacial score (nSPS) is 15.4. The van der Waals surface area contributed by atoms with Gasteiger partial charge in [0.2, 0.25) is 0 Å². The van der Waals surface area contributed by atoms with Gasteiger partial charge in [0, 0.05) is 31.6 Å². The lowest BCUT2D eigenvalue weighted by atomic mass is 9.95. The second kappa shape index (κ2) is 7.75.